The molecule has 0 spiro atoms. The fraction of sp³-hybridized carbons (Fsp3) is 0.667. The first-order chi connectivity index (χ1) is 5.72. The van der Waals surface area contributed by atoms with E-state index >= 15 is 0 Å². The van der Waals surface area contributed by atoms with Gasteiger partial charge in [0.2, 0.25) is 0 Å². The van der Waals surface area contributed by atoms with Gasteiger partial charge < -0.3 is 10.4 Å². The van der Waals surface area contributed by atoms with Crippen LogP contribution in [-0.4, -0.2) is 17.6 Å². The van der Waals surface area contributed by atoms with Gasteiger partial charge in [0.05, 0.1) is 5.57 Å². The quantitative estimate of drug-likeness (QED) is 0.473. The minimum Gasteiger partial charge on any atom is -0.478 e. The highest BCUT2D eigenvalue weighted by molar-refractivity contribution is 5.86. The van der Waals surface area contributed by atoms with Crippen LogP contribution < -0.4 is 5.32 Å². The summed E-state index contributed by atoms with van der Waals surface area (Å²) in [7, 11) is 0. The lowest BCUT2D eigenvalue weighted by atomic mass is 10.2. The highest BCUT2D eigenvalue weighted by Gasteiger charge is 2.01. The van der Waals surface area contributed by atoms with Crippen LogP contribution >= 0.6 is 0 Å². The van der Waals surface area contributed by atoms with Crippen molar-refractivity contribution in [3.05, 3.63) is 11.8 Å². The molecular weight excluding hydrogens is 154 g/mol. The van der Waals surface area contributed by atoms with E-state index in [0.29, 0.717) is 12.0 Å². The maximum absolute atomic E-state index is 10.5. The fourth-order valence-electron chi connectivity index (χ4n) is 0.789. The molecule has 0 fully saturated rings. The molecule has 0 saturated carbocycles. The lowest BCUT2D eigenvalue weighted by Gasteiger charge is -2.00. The van der Waals surface area contributed by atoms with Gasteiger partial charge in [0, 0.05) is 12.7 Å². The van der Waals surface area contributed by atoms with E-state index in [0.717, 1.165) is 19.4 Å². The van der Waals surface area contributed by atoms with Gasteiger partial charge >= 0.3 is 5.97 Å². The van der Waals surface area contributed by atoms with Gasteiger partial charge in [0.1, 0.15) is 0 Å². The molecule has 0 aliphatic heterocycles. The third kappa shape index (κ3) is 4.77. The van der Waals surface area contributed by atoms with Crippen molar-refractivity contribution in [2.24, 2.45) is 0 Å². The average Bonchev–Trinajstić information content (AvgIpc) is 2.04. The maximum atomic E-state index is 10.5. The molecule has 3 nitrogen and oxygen atoms in total. The number of hydrogen-bond donors (Lipinski definition) is 2. The molecule has 0 radical (unpaired) electrons. The molecule has 0 aromatic rings. The summed E-state index contributed by atoms with van der Waals surface area (Å²) in [5.41, 5.74) is 0.436. The largest absolute Gasteiger partial charge is 0.478 e. The molecule has 0 aliphatic rings. The van der Waals surface area contributed by atoms with E-state index in [1.54, 1.807) is 6.20 Å². The standard InChI is InChI=1S/C9H17NO2/c1-3-5-6-10-7-8(4-2)9(11)12/h7,10H,3-6H2,1-2H3,(H,11,12). The van der Waals surface area contributed by atoms with E-state index < -0.39 is 5.97 Å². The normalized spacial score (nSPS) is 11.3. The Hall–Kier alpha value is -0.990. The van der Waals surface area contributed by atoms with E-state index in [9.17, 15) is 4.79 Å². The first-order valence-corrected chi connectivity index (χ1v) is 4.38. The van der Waals surface area contributed by atoms with Gasteiger partial charge in [-0.2, -0.15) is 0 Å². The first-order valence-electron chi connectivity index (χ1n) is 4.38. The van der Waals surface area contributed by atoms with Gasteiger partial charge in [0.25, 0.3) is 0 Å². The summed E-state index contributed by atoms with van der Waals surface area (Å²) in [6.45, 7) is 4.79. The van der Waals surface area contributed by atoms with Gasteiger partial charge in [-0.3, -0.25) is 0 Å². The Bertz CT molecular complexity index is 164. The number of carbonyl (C=O) groups is 1. The van der Waals surface area contributed by atoms with Crippen LogP contribution in [0.15, 0.2) is 11.8 Å². The van der Waals surface area contributed by atoms with E-state index in [4.69, 9.17) is 5.11 Å². The van der Waals surface area contributed by atoms with Gasteiger partial charge in [-0.15, -0.1) is 0 Å². The highest BCUT2D eigenvalue weighted by atomic mass is 16.4. The van der Waals surface area contributed by atoms with Crippen molar-refractivity contribution in [3.63, 3.8) is 0 Å². The minimum absolute atomic E-state index is 0.436. The van der Waals surface area contributed by atoms with Crippen LogP contribution in [0.1, 0.15) is 33.1 Å². The summed E-state index contributed by atoms with van der Waals surface area (Å²) in [4.78, 5) is 10.5. The van der Waals surface area contributed by atoms with Crippen LogP contribution in [0.3, 0.4) is 0 Å². The Morgan fingerprint density at radius 2 is 2.17 bits per heavy atom. The Morgan fingerprint density at radius 3 is 2.58 bits per heavy atom. The van der Waals surface area contributed by atoms with Crippen LogP contribution in [0.4, 0.5) is 0 Å². The van der Waals surface area contributed by atoms with Crippen LogP contribution in [0.2, 0.25) is 0 Å². The lowest BCUT2D eigenvalue weighted by Crippen LogP contribution is -2.11. The summed E-state index contributed by atoms with van der Waals surface area (Å²) in [6.07, 6.45) is 4.36. The Balaban J connectivity index is 3.71. The van der Waals surface area contributed by atoms with E-state index in [1.165, 1.54) is 0 Å². The summed E-state index contributed by atoms with van der Waals surface area (Å²) < 4.78 is 0. The van der Waals surface area contributed by atoms with Crippen molar-refractivity contribution >= 4 is 5.97 Å². The summed E-state index contributed by atoms with van der Waals surface area (Å²) in [6, 6.07) is 0. The second kappa shape index (κ2) is 6.70. The fourth-order valence-corrected chi connectivity index (χ4v) is 0.789. The summed E-state index contributed by atoms with van der Waals surface area (Å²) in [5, 5.41) is 11.6. The molecule has 0 heterocycles. The Morgan fingerprint density at radius 1 is 1.50 bits per heavy atom. The van der Waals surface area contributed by atoms with Crippen molar-refractivity contribution in [3.8, 4) is 0 Å². The van der Waals surface area contributed by atoms with Crippen LogP contribution in [0, 0.1) is 0 Å². The van der Waals surface area contributed by atoms with E-state index in [2.05, 4.69) is 12.2 Å². The van der Waals surface area contributed by atoms with Crippen LogP contribution in [0.5, 0.6) is 0 Å². The van der Waals surface area contributed by atoms with Crippen molar-refractivity contribution < 1.29 is 9.90 Å². The molecule has 0 aromatic heterocycles. The molecule has 3 heteroatoms. The smallest absolute Gasteiger partial charge is 0.333 e. The zero-order valence-electron chi connectivity index (χ0n) is 7.76. The van der Waals surface area contributed by atoms with Gasteiger partial charge in [0.15, 0.2) is 0 Å². The van der Waals surface area contributed by atoms with E-state index in [-0.39, 0.29) is 0 Å². The van der Waals surface area contributed by atoms with Crippen molar-refractivity contribution in [1.82, 2.24) is 5.32 Å². The third-order valence-electron chi connectivity index (χ3n) is 1.61. The highest BCUT2D eigenvalue weighted by Crippen LogP contribution is 1.97. The Kier molecular flexibility index (Phi) is 6.15. The molecule has 12 heavy (non-hydrogen) atoms. The van der Waals surface area contributed by atoms with Crippen molar-refractivity contribution in [2.75, 3.05) is 6.54 Å². The minimum atomic E-state index is -0.832. The van der Waals surface area contributed by atoms with Crippen LogP contribution in [0.25, 0.3) is 0 Å². The number of aliphatic carboxylic acids is 1. The summed E-state index contributed by atoms with van der Waals surface area (Å²) >= 11 is 0. The molecule has 70 valence electrons. The zero-order chi connectivity index (χ0) is 9.40. The molecule has 0 amide bonds. The zero-order valence-corrected chi connectivity index (χ0v) is 7.76. The number of carboxylic acids is 1. The van der Waals surface area contributed by atoms with Crippen molar-refractivity contribution in [1.29, 1.82) is 0 Å². The lowest BCUT2D eigenvalue weighted by molar-refractivity contribution is -0.132. The number of rotatable bonds is 6. The molecule has 0 aliphatic carbocycles. The second-order valence-electron chi connectivity index (χ2n) is 2.64. The molecule has 0 bridgehead atoms. The number of carboxylic acid groups (broad SMARTS) is 1. The molecule has 0 saturated heterocycles. The van der Waals surface area contributed by atoms with E-state index in [1.807, 2.05) is 6.92 Å². The SMILES string of the molecule is CCCCNC=C(CC)C(=O)O. The molecular formula is C9H17NO2. The average molecular weight is 171 g/mol. The Labute approximate surface area is 73.5 Å². The summed E-state index contributed by atoms with van der Waals surface area (Å²) in [5.74, 6) is -0.832. The topological polar surface area (TPSA) is 49.3 Å². The maximum Gasteiger partial charge on any atom is 0.333 e. The van der Waals surface area contributed by atoms with Gasteiger partial charge in [-0.05, 0) is 12.8 Å². The number of unbranched alkanes of at least 4 members (excludes halogenated alkanes) is 1. The molecule has 0 atom stereocenters. The molecule has 0 rings (SSSR count). The monoisotopic (exact) mass is 171 g/mol. The second-order valence-corrected chi connectivity index (χ2v) is 2.64. The van der Waals surface area contributed by atoms with Gasteiger partial charge in [-0.1, -0.05) is 20.3 Å². The molecule has 2 N–H and O–H groups in total. The predicted molar refractivity (Wildman–Crippen MR) is 48.9 cm³/mol. The predicted octanol–water partition coefficient (Wildman–Crippen LogP) is 1.75. The number of hydrogen-bond acceptors (Lipinski definition) is 2. The molecule has 0 unspecified atom stereocenters. The number of nitrogens with one attached hydrogen (secondary N) is 1. The van der Waals surface area contributed by atoms with Crippen molar-refractivity contribution in [2.45, 2.75) is 33.1 Å². The first kappa shape index (κ1) is 11.0. The van der Waals surface area contributed by atoms with Gasteiger partial charge in [-0.25, -0.2) is 4.79 Å². The van der Waals surface area contributed by atoms with Crippen LogP contribution in [-0.2, 0) is 4.79 Å². The third-order valence-corrected chi connectivity index (χ3v) is 1.61. The molecule has 0 aromatic carbocycles.